The van der Waals surface area contributed by atoms with Crippen molar-refractivity contribution >= 4 is 10.0 Å². The van der Waals surface area contributed by atoms with Crippen LogP contribution in [0.5, 0.6) is 0 Å². The van der Waals surface area contributed by atoms with Crippen molar-refractivity contribution in [2.75, 3.05) is 13.1 Å². The molecule has 1 saturated carbocycles. The Labute approximate surface area is 125 Å². The van der Waals surface area contributed by atoms with E-state index in [4.69, 9.17) is 0 Å². The Balaban J connectivity index is 1.85. The Bertz CT molecular complexity index is 633. The monoisotopic (exact) mass is 312 g/mol. The van der Waals surface area contributed by atoms with Crippen molar-refractivity contribution in [3.8, 4) is 0 Å². The number of benzene rings is 1. The number of fused-ring (bicyclic) bond motifs is 2. The molecule has 2 aliphatic rings. The standard InChI is InChI=1S/C15H21FN2O2S/c1-2-17-9-11-4-6-15(14(16)8-11)21(19,20)18-10-12-3-5-13(18)7-12/h4,6,8,12-13,17H,2-3,5,7,9-10H2,1H3. The maximum Gasteiger partial charge on any atom is 0.246 e. The molecule has 1 aromatic rings. The number of piperidine rings is 1. The third-order valence-corrected chi connectivity index (χ3v) is 6.47. The van der Waals surface area contributed by atoms with Gasteiger partial charge in [-0.3, -0.25) is 0 Å². The highest BCUT2D eigenvalue weighted by Gasteiger charge is 2.44. The molecule has 2 unspecified atom stereocenters. The van der Waals surface area contributed by atoms with Gasteiger partial charge in [-0.15, -0.1) is 0 Å². The van der Waals surface area contributed by atoms with E-state index in [2.05, 4.69) is 5.32 Å². The predicted octanol–water partition coefficient (Wildman–Crippen LogP) is 2.11. The molecule has 0 aromatic heterocycles. The average molecular weight is 312 g/mol. The minimum Gasteiger partial charge on any atom is -0.313 e. The number of rotatable bonds is 5. The highest BCUT2D eigenvalue weighted by atomic mass is 32.2. The Hall–Kier alpha value is -0.980. The molecule has 2 fully saturated rings. The van der Waals surface area contributed by atoms with Gasteiger partial charge in [0.05, 0.1) is 0 Å². The van der Waals surface area contributed by atoms with Crippen LogP contribution < -0.4 is 5.32 Å². The smallest absolute Gasteiger partial charge is 0.246 e. The molecule has 1 aliphatic heterocycles. The lowest BCUT2D eigenvalue weighted by Crippen LogP contribution is -2.38. The minimum atomic E-state index is -3.70. The zero-order chi connectivity index (χ0) is 15.0. The number of hydrogen-bond donors (Lipinski definition) is 1. The lowest BCUT2D eigenvalue weighted by molar-refractivity contribution is 0.332. The van der Waals surface area contributed by atoms with Gasteiger partial charge in [0.25, 0.3) is 0 Å². The zero-order valence-electron chi connectivity index (χ0n) is 12.2. The number of hydrogen-bond acceptors (Lipinski definition) is 3. The maximum atomic E-state index is 14.2. The van der Waals surface area contributed by atoms with E-state index in [1.807, 2.05) is 6.92 Å². The quantitative estimate of drug-likeness (QED) is 0.906. The molecule has 2 bridgehead atoms. The van der Waals surface area contributed by atoms with E-state index in [-0.39, 0.29) is 10.9 Å². The van der Waals surface area contributed by atoms with Crippen LogP contribution in [0.25, 0.3) is 0 Å². The second kappa shape index (κ2) is 5.66. The Morgan fingerprint density at radius 3 is 2.76 bits per heavy atom. The summed E-state index contributed by atoms with van der Waals surface area (Å²) >= 11 is 0. The molecule has 1 aromatic carbocycles. The van der Waals surface area contributed by atoms with Gasteiger partial charge in [-0.05, 0) is 49.4 Å². The van der Waals surface area contributed by atoms with E-state index in [0.29, 0.717) is 19.0 Å². The largest absolute Gasteiger partial charge is 0.313 e. The van der Waals surface area contributed by atoms with E-state index < -0.39 is 15.8 Å². The molecule has 3 rings (SSSR count). The normalized spacial score (nSPS) is 25.6. The number of halogens is 1. The summed E-state index contributed by atoms with van der Waals surface area (Å²) in [5.74, 6) is -0.186. The summed E-state index contributed by atoms with van der Waals surface area (Å²) < 4.78 is 41.0. The van der Waals surface area contributed by atoms with Gasteiger partial charge in [-0.1, -0.05) is 13.0 Å². The highest BCUT2D eigenvalue weighted by molar-refractivity contribution is 7.89. The van der Waals surface area contributed by atoms with Crippen LogP contribution in [-0.2, 0) is 16.6 Å². The lowest BCUT2D eigenvalue weighted by Gasteiger charge is -2.26. The van der Waals surface area contributed by atoms with E-state index >= 15 is 0 Å². The van der Waals surface area contributed by atoms with Crippen molar-refractivity contribution in [2.24, 2.45) is 5.92 Å². The number of nitrogens with one attached hydrogen (secondary N) is 1. The Morgan fingerprint density at radius 1 is 1.38 bits per heavy atom. The molecule has 1 aliphatic carbocycles. The SMILES string of the molecule is CCNCc1ccc(S(=O)(=O)N2CC3CCC2C3)c(F)c1. The summed E-state index contributed by atoms with van der Waals surface area (Å²) in [6.45, 7) is 3.85. The van der Waals surface area contributed by atoms with Crippen molar-refractivity contribution in [1.82, 2.24) is 9.62 Å². The lowest BCUT2D eigenvalue weighted by atomic mass is 10.1. The van der Waals surface area contributed by atoms with Gasteiger partial charge in [0.2, 0.25) is 10.0 Å². The molecule has 0 amide bonds. The maximum absolute atomic E-state index is 14.2. The molecule has 0 spiro atoms. The number of nitrogens with zero attached hydrogens (tertiary/aromatic N) is 1. The van der Waals surface area contributed by atoms with E-state index in [1.54, 1.807) is 6.07 Å². The van der Waals surface area contributed by atoms with Crippen LogP contribution >= 0.6 is 0 Å². The van der Waals surface area contributed by atoms with Crippen molar-refractivity contribution in [3.05, 3.63) is 29.6 Å². The fraction of sp³-hybridized carbons (Fsp3) is 0.600. The molecular weight excluding hydrogens is 291 g/mol. The first-order valence-corrected chi connectivity index (χ1v) is 8.97. The van der Waals surface area contributed by atoms with Crippen LogP contribution in [0.4, 0.5) is 4.39 Å². The molecule has 1 heterocycles. The van der Waals surface area contributed by atoms with Crippen LogP contribution in [0, 0.1) is 11.7 Å². The van der Waals surface area contributed by atoms with Crippen molar-refractivity contribution in [2.45, 2.75) is 43.7 Å². The van der Waals surface area contributed by atoms with E-state index in [0.717, 1.165) is 31.4 Å². The summed E-state index contributed by atoms with van der Waals surface area (Å²) in [5.41, 5.74) is 0.760. The van der Waals surface area contributed by atoms with Gasteiger partial charge in [0.15, 0.2) is 0 Å². The fourth-order valence-electron chi connectivity index (χ4n) is 3.43. The van der Waals surface area contributed by atoms with Crippen LogP contribution in [0.1, 0.15) is 31.7 Å². The first-order chi connectivity index (χ1) is 10.0. The molecular formula is C15H21FN2O2S. The number of sulfonamides is 1. The molecule has 6 heteroatoms. The van der Waals surface area contributed by atoms with Gasteiger partial charge >= 0.3 is 0 Å². The summed E-state index contributed by atoms with van der Waals surface area (Å²) in [5, 5.41) is 3.10. The van der Waals surface area contributed by atoms with Crippen LogP contribution in [0.3, 0.4) is 0 Å². The average Bonchev–Trinajstić information content (AvgIpc) is 3.07. The predicted molar refractivity (Wildman–Crippen MR) is 78.8 cm³/mol. The summed E-state index contributed by atoms with van der Waals surface area (Å²) in [6.07, 6.45) is 2.93. The summed E-state index contributed by atoms with van der Waals surface area (Å²) in [7, 11) is -3.70. The van der Waals surface area contributed by atoms with Gasteiger partial charge in [0, 0.05) is 19.1 Å². The zero-order valence-corrected chi connectivity index (χ0v) is 13.0. The third kappa shape index (κ3) is 2.72. The van der Waals surface area contributed by atoms with Crippen LogP contribution in [0.15, 0.2) is 23.1 Å². The van der Waals surface area contributed by atoms with Gasteiger partial charge in [-0.2, -0.15) is 4.31 Å². The molecule has 21 heavy (non-hydrogen) atoms. The topological polar surface area (TPSA) is 49.4 Å². The Kier molecular flexibility index (Phi) is 4.03. The second-order valence-electron chi connectivity index (χ2n) is 5.95. The first-order valence-electron chi connectivity index (χ1n) is 7.53. The van der Waals surface area contributed by atoms with Gasteiger partial charge in [0.1, 0.15) is 10.7 Å². The van der Waals surface area contributed by atoms with E-state index in [9.17, 15) is 12.8 Å². The molecule has 1 N–H and O–H groups in total. The second-order valence-corrected chi connectivity index (χ2v) is 7.81. The van der Waals surface area contributed by atoms with Crippen molar-refractivity contribution in [3.63, 3.8) is 0 Å². The summed E-state index contributed by atoms with van der Waals surface area (Å²) in [6, 6.07) is 4.49. The summed E-state index contributed by atoms with van der Waals surface area (Å²) in [4.78, 5) is -0.185. The van der Waals surface area contributed by atoms with Crippen LogP contribution in [0.2, 0.25) is 0 Å². The minimum absolute atomic E-state index is 0.0702. The van der Waals surface area contributed by atoms with Crippen LogP contribution in [-0.4, -0.2) is 31.9 Å². The first kappa shape index (κ1) is 14.9. The van der Waals surface area contributed by atoms with E-state index in [1.165, 1.54) is 16.4 Å². The van der Waals surface area contributed by atoms with Crippen molar-refractivity contribution < 1.29 is 12.8 Å². The Morgan fingerprint density at radius 2 is 2.19 bits per heavy atom. The fourth-order valence-corrected chi connectivity index (χ4v) is 5.22. The molecule has 1 saturated heterocycles. The third-order valence-electron chi connectivity index (χ3n) is 4.52. The van der Waals surface area contributed by atoms with Gasteiger partial charge in [-0.25, -0.2) is 12.8 Å². The van der Waals surface area contributed by atoms with Gasteiger partial charge < -0.3 is 5.32 Å². The highest BCUT2D eigenvalue weighted by Crippen LogP contribution is 2.40. The molecule has 4 nitrogen and oxygen atoms in total. The molecule has 2 atom stereocenters. The molecule has 0 radical (unpaired) electrons. The molecule has 116 valence electrons. The van der Waals surface area contributed by atoms with Crippen molar-refractivity contribution in [1.29, 1.82) is 0 Å².